The molecule has 0 amide bonds. The van der Waals surface area contributed by atoms with E-state index in [9.17, 15) is 10.1 Å². The van der Waals surface area contributed by atoms with Crippen LogP contribution >= 0.6 is 11.6 Å². The Balaban J connectivity index is 1.58. The summed E-state index contributed by atoms with van der Waals surface area (Å²) in [6, 6.07) is 12.1. The highest BCUT2D eigenvalue weighted by Gasteiger charge is 2.12. The lowest BCUT2D eigenvalue weighted by atomic mass is 10.2. The standard InChI is InChI=1S/C16H10ClN7O2/c17-11-6-5-9(7-13(11)24(25)26)8-18-22-16-20-15-14(21-23-16)10-3-1-2-4-12(10)19-15/h1-8H,(H2,19,20,22,23). The molecule has 2 aromatic heterocycles. The van der Waals surface area contributed by atoms with Crippen LogP contribution in [0.15, 0.2) is 47.6 Å². The number of anilines is 1. The minimum absolute atomic E-state index is 0.0666. The molecular weight excluding hydrogens is 358 g/mol. The van der Waals surface area contributed by atoms with Gasteiger partial charge in [-0.1, -0.05) is 35.9 Å². The minimum Gasteiger partial charge on any atom is -0.338 e. The van der Waals surface area contributed by atoms with Crippen LogP contribution in [0.2, 0.25) is 5.02 Å². The molecule has 2 N–H and O–H groups in total. The molecule has 0 fully saturated rings. The smallest absolute Gasteiger partial charge is 0.288 e. The van der Waals surface area contributed by atoms with Crippen molar-refractivity contribution in [3.8, 4) is 0 Å². The second kappa shape index (κ2) is 6.37. The van der Waals surface area contributed by atoms with Crippen molar-refractivity contribution in [3.05, 3.63) is 63.2 Å². The van der Waals surface area contributed by atoms with Crippen molar-refractivity contribution in [3.63, 3.8) is 0 Å². The number of aromatic amines is 1. The number of hydrogen-bond acceptors (Lipinski definition) is 7. The first-order valence-electron chi connectivity index (χ1n) is 7.46. The molecule has 128 valence electrons. The Kier molecular flexibility index (Phi) is 3.90. The predicted octanol–water partition coefficient (Wildman–Crippen LogP) is 3.51. The van der Waals surface area contributed by atoms with Crippen LogP contribution in [-0.2, 0) is 0 Å². The minimum atomic E-state index is -0.552. The molecule has 2 aromatic carbocycles. The van der Waals surface area contributed by atoms with Crippen LogP contribution in [0, 0.1) is 10.1 Å². The maximum absolute atomic E-state index is 10.9. The average Bonchev–Trinajstić information content (AvgIpc) is 3.00. The van der Waals surface area contributed by atoms with Gasteiger partial charge in [-0.25, -0.2) is 5.43 Å². The molecule has 0 aliphatic carbocycles. The number of fused-ring (bicyclic) bond motifs is 3. The van der Waals surface area contributed by atoms with Crippen LogP contribution in [0.1, 0.15) is 5.56 Å². The van der Waals surface area contributed by atoms with Gasteiger partial charge in [0.2, 0.25) is 0 Å². The number of benzene rings is 2. The van der Waals surface area contributed by atoms with Crippen molar-refractivity contribution >= 4 is 51.5 Å². The molecule has 0 bridgehead atoms. The monoisotopic (exact) mass is 367 g/mol. The van der Waals surface area contributed by atoms with E-state index in [0.29, 0.717) is 16.7 Å². The number of nitrogens with zero attached hydrogens (tertiary/aromatic N) is 5. The van der Waals surface area contributed by atoms with Gasteiger partial charge in [-0.3, -0.25) is 10.1 Å². The summed E-state index contributed by atoms with van der Waals surface area (Å²) in [6.07, 6.45) is 1.40. The fourth-order valence-corrected chi connectivity index (χ4v) is 2.67. The summed E-state index contributed by atoms with van der Waals surface area (Å²) in [5, 5.41) is 24.0. The number of hydrogen-bond donors (Lipinski definition) is 2. The summed E-state index contributed by atoms with van der Waals surface area (Å²) in [5.74, 6) is 0.198. The second-order valence-corrected chi connectivity index (χ2v) is 5.75. The third-order valence-electron chi connectivity index (χ3n) is 3.67. The Morgan fingerprint density at radius 1 is 1.23 bits per heavy atom. The van der Waals surface area contributed by atoms with E-state index in [0.717, 1.165) is 10.9 Å². The molecule has 0 radical (unpaired) electrons. The highest BCUT2D eigenvalue weighted by atomic mass is 35.5. The maximum Gasteiger partial charge on any atom is 0.288 e. The zero-order chi connectivity index (χ0) is 18.1. The number of H-pyrrole nitrogens is 1. The molecule has 0 saturated heterocycles. The number of nitrogens with one attached hydrogen (secondary N) is 2. The molecule has 10 heteroatoms. The summed E-state index contributed by atoms with van der Waals surface area (Å²) in [6.45, 7) is 0. The lowest BCUT2D eigenvalue weighted by Gasteiger charge is -1.98. The molecule has 9 nitrogen and oxygen atoms in total. The van der Waals surface area contributed by atoms with E-state index in [-0.39, 0.29) is 16.7 Å². The Morgan fingerprint density at radius 3 is 2.92 bits per heavy atom. The number of nitro groups is 1. The van der Waals surface area contributed by atoms with Crippen LogP contribution in [0.25, 0.3) is 22.1 Å². The molecular formula is C16H10ClN7O2. The summed E-state index contributed by atoms with van der Waals surface area (Å²) >= 11 is 5.78. The number of hydrazone groups is 1. The lowest BCUT2D eigenvalue weighted by molar-refractivity contribution is -0.384. The van der Waals surface area contributed by atoms with Crippen molar-refractivity contribution in [2.24, 2.45) is 5.10 Å². The van der Waals surface area contributed by atoms with Gasteiger partial charge >= 0.3 is 0 Å². The van der Waals surface area contributed by atoms with Gasteiger partial charge in [-0.2, -0.15) is 10.1 Å². The highest BCUT2D eigenvalue weighted by Crippen LogP contribution is 2.24. The van der Waals surface area contributed by atoms with Gasteiger partial charge < -0.3 is 4.98 Å². The van der Waals surface area contributed by atoms with Gasteiger partial charge in [0.05, 0.1) is 11.1 Å². The first-order chi connectivity index (χ1) is 12.6. The molecule has 0 aliphatic rings. The predicted molar refractivity (Wildman–Crippen MR) is 98.5 cm³/mol. The molecule has 0 atom stereocenters. The molecule has 26 heavy (non-hydrogen) atoms. The van der Waals surface area contributed by atoms with Crippen LogP contribution in [-0.4, -0.2) is 31.3 Å². The quantitative estimate of drug-likeness (QED) is 0.323. The van der Waals surface area contributed by atoms with Gasteiger partial charge in [0.25, 0.3) is 11.6 Å². The summed E-state index contributed by atoms with van der Waals surface area (Å²) in [7, 11) is 0. The van der Waals surface area contributed by atoms with Crippen LogP contribution in [0.3, 0.4) is 0 Å². The number of para-hydroxylation sites is 1. The van der Waals surface area contributed by atoms with Gasteiger partial charge in [0.1, 0.15) is 10.5 Å². The summed E-state index contributed by atoms with van der Waals surface area (Å²) in [4.78, 5) is 17.8. The van der Waals surface area contributed by atoms with E-state index in [4.69, 9.17) is 11.6 Å². The van der Waals surface area contributed by atoms with Crippen LogP contribution in [0.4, 0.5) is 11.6 Å². The molecule has 2 heterocycles. The van der Waals surface area contributed by atoms with Crippen molar-refractivity contribution in [1.29, 1.82) is 0 Å². The Labute approximate surface area is 150 Å². The Morgan fingerprint density at radius 2 is 2.08 bits per heavy atom. The fraction of sp³-hybridized carbons (Fsp3) is 0. The van der Waals surface area contributed by atoms with Gasteiger partial charge in [0.15, 0.2) is 5.65 Å². The normalized spacial score (nSPS) is 11.4. The number of rotatable bonds is 4. The number of aromatic nitrogens is 4. The van der Waals surface area contributed by atoms with Gasteiger partial charge in [-0.15, -0.1) is 10.2 Å². The first kappa shape index (κ1) is 15.9. The van der Waals surface area contributed by atoms with E-state index >= 15 is 0 Å². The summed E-state index contributed by atoms with van der Waals surface area (Å²) < 4.78 is 0. The molecule has 4 aromatic rings. The molecule has 4 rings (SSSR count). The largest absolute Gasteiger partial charge is 0.338 e. The zero-order valence-corrected chi connectivity index (χ0v) is 13.8. The third kappa shape index (κ3) is 2.91. The Hall–Kier alpha value is -3.59. The van der Waals surface area contributed by atoms with Gasteiger partial charge in [0, 0.05) is 22.5 Å². The number of nitro benzene ring substituents is 1. The average molecular weight is 368 g/mol. The Bertz CT molecular complexity index is 1170. The fourth-order valence-electron chi connectivity index (χ4n) is 2.48. The zero-order valence-electron chi connectivity index (χ0n) is 13.0. The maximum atomic E-state index is 10.9. The SMILES string of the molecule is O=[N+]([O-])c1cc(C=NNc2nnc3c(n2)[nH]c2ccccc23)ccc1Cl. The molecule has 0 unspecified atom stereocenters. The van der Waals surface area contributed by atoms with E-state index < -0.39 is 4.92 Å². The van der Waals surface area contributed by atoms with Crippen molar-refractivity contribution in [1.82, 2.24) is 20.2 Å². The van der Waals surface area contributed by atoms with Gasteiger partial charge in [-0.05, 0) is 12.1 Å². The van der Waals surface area contributed by atoms with E-state index in [2.05, 4.69) is 30.7 Å². The molecule has 0 aliphatic heterocycles. The van der Waals surface area contributed by atoms with Crippen molar-refractivity contribution in [2.45, 2.75) is 0 Å². The van der Waals surface area contributed by atoms with E-state index in [1.54, 1.807) is 6.07 Å². The lowest BCUT2D eigenvalue weighted by Crippen LogP contribution is -1.99. The van der Waals surface area contributed by atoms with Crippen molar-refractivity contribution < 1.29 is 4.92 Å². The highest BCUT2D eigenvalue weighted by molar-refractivity contribution is 6.32. The first-order valence-corrected chi connectivity index (χ1v) is 7.84. The van der Waals surface area contributed by atoms with Crippen molar-refractivity contribution in [2.75, 3.05) is 5.43 Å². The van der Waals surface area contributed by atoms with E-state index in [1.165, 1.54) is 18.3 Å². The summed E-state index contributed by atoms with van der Waals surface area (Å²) in [5.41, 5.74) is 5.14. The third-order valence-corrected chi connectivity index (χ3v) is 3.99. The molecule has 0 spiro atoms. The second-order valence-electron chi connectivity index (χ2n) is 5.34. The van der Waals surface area contributed by atoms with E-state index in [1.807, 2.05) is 24.3 Å². The van der Waals surface area contributed by atoms with Crippen LogP contribution < -0.4 is 5.43 Å². The number of halogens is 1. The van der Waals surface area contributed by atoms with Crippen LogP contribution in [0.5, 0.6) is 0 Å². The molecule has 0 saturated carbocycles. The topological polar surface area (TPSA) is 122 Å².